The van der Waals surface area contributed by atoms with Gasteiger partial charge in [0.1, 0.15) is 12.1 Å². The smallest absolute Gasteiger partial charge is 0.243 e. The van der Waals surface area contributed by atoms with E-state index in [9.17, 15) is 17.6 Å². The van der Waals surface area contributed by atoms with Crippen molar-refractivity contribution in [2.45, 2.75) is 24.7 Å². The van der Waals surface area contributed by atoms with Gasteiger partial charge in [-0.05, 0) is 37.5 Å². The number of sulfonamides is 1. The van der Waals surface area contributed by atoms with E-state index in [4.69, 9.17) is 0 Å². The highest BCUT2D eigenvalue weighted by atomic mass is 32.2. The van der Waals surface area contributed by atoms with Crippen molar-refractivity contribution in [1.29, 1.82) is 0 Å². The topological polar surface area (TPSA) is 54.5 Å². The van der Waals surface area contributed by atoms with Crippen molar-refractivity contribution in [3.63, 3.8) is 0 Å². The largest absolute Gasteiger partial charge is 0.303 e. The lowest BCUT2D eigenvalue weighted by atomic mass is 10.0. The van der Waals surface area contributed by atoms with E-state index < -0.39 is 15.8 Å². The third-order valence-electron chi connectivity index (χ3n) is 3.47. The van der Waals surface area contributed by atoms with Gasteiger partial charge in [0.25, 0.3) is 0 Å². The fourth-order valence-corrected chi connectivity index (χ4v) is 3.62. The van der Waals surface area contributed by atoms with Crippen LogP contribution < -0.4 is 0 Å². The maximum atomic E-state index is 13.5. The summed E-state index contributed by atoms with van der Waals surface area (Å²) in [4.78, 5) is 10.6. The first-order chi connectivity index (χ1) is 8.95. The Kier molecular flexibility index (Phi) is 4.01. The van der Waals surface area contributed by atoms with Crippen LogP contribution in [0.5, 0.6) is 0 Å². The van der Waals surface area contributed by atoms with Gasteiger partial charge in [0.05, 0.1) is 4.90 Å². The van der Waals surface area contributed by atoms with Crippen LogP contribution in [0, 0.1) is 18.7 Å². The molecule has 0 aliphatic carbocycles. The highest BCUT2D eigenvalue weighted by molar-refractivity contribution is 7.89. The van der Waals surface area contributed by atoms with E-state index in [1.807, 2.05) is 0 Å². The number of hydrogen-bond donors (Lipinski definition) is 0. The number of aldehydes is 1. The number of halogens is 1. The molecule has 0 N–H and O–H groups in total. The van der Waals surface area contributed by atoms with Crippen LogP contribution in [0.2, 0.25) is 0 Å². The molecule has 1 aliphatic rings. The van der Waals surface area contributed by atoms with Crippen LogP contribution in [0.1, 0.15) is 18.4 Å². The van der Waals surface area contributed by atoms with Gasteiger partial charge in [0.15, 0.2) is 0 Å². The molecule has 0 aromatic heterocycles. The number of hydrogen-bond acceptors (Lipinski definition) is 3. The van der Waals surface area contributed by atoms with Gasteiger partial charge in [-0.2, -0.15) is 4.31 Å². The summed E-state index contributed by atoms with van der Waals surface area (Å²) in [6.07, 6.45) is 1.92. The summed E-state index contributed by atoms with van der Waals surface area (Å²) in [7, 11) is -3.66. The minimum Gasteiger partial charge on any atom is -0.303 e. The van der Waals surface area contributed by atoms with Crippen molar-refractivity contribution < 1.29 is 17.6 Å². The third kappa shape index (κ3) is 2.84. The first kappa shape index (κ1) is 14.1. The molecule has 1 fully saturated rings. The van der Waals surface area contributed by atoms with E-state index in [0.717, 1.165) is 12.4 Å². The summed E-state index contributed by atoms with van der Waals surface area (Å²) < 4.78 is 39.4. The second-order valence-electron chi connectivity index (χ2n) is 4.79. The molecule has 0 saturated carbocycles. The Balaban J connectivity index is 2.23. The molecular formula is C13H16FNO3S. The number of carbonyl (C=O) groups excluding carboxylic acids is 1. The predicted octanol–water partition coefficient (Wildman–Crippen LogP) is 1.73. The molecule has 0 unspecified atom stereocenters. The van der Waals surface area contributed by atoms with Crippen molar-refractivity contribution >= 4 is 16.3 Å². The molecule has 104 valence electrons. The first-order valence-electron chi connectivity index (χ1n) is 6.17. The van der Waals surface area contributed by atoms with Crippen molar-refractivity contribution in [3.05, 3.63) is 29.6 Å². The Morgan fingerprint density at radius 1 is 1.32 bits per heavy atom. The number of aryl methyl sites for hydroxylation is 1. The van der Waals surface area contributed by atoms with Gasteiger partial charge in [-0.3, -0.25) is 0 Å². The lowest BCUT2D eigenvalue weighted by Gasteiger charge is -2.28. The molecule has 0 bridgehead atoms. The van der Waals surface area contributed by atoms with Gasteiger partial charge in [-0.25, -0.2) is 12.8 Å². The van der Waals surface area contributed by atoms with Crippen LogP contribution in [-0.4, -0.2) is 32.1 Å². The number of piperidine rings is 1. The Morgan fingerprint density at radius 2 is 1.95 bits per heavy atom. The Hall–Kier alpha value is -1.27. The van der Waals surface area contributed by atoms with Crippen LogP contribution in [0.15, 0.2) is 23.1 Å². The molecule has 0 spiro atoms. The molecule has 2 rings (SSSR count). The minimum atomic E-state index is -3.66. The maximum Gasteiger partial charge on any atom is 0.243 e. The second-order valence-corrected chi connectivity index (χ2v) is 6.73. The molecule has 1 aliphatic heterocycles. The molecule has 0 amide bonds. The van der Waals surface area contributed by atoms with Gasteiger partial charge in [-0.15, -0.1) is 0 Å². The van der Waals surface area contributed by atoms with E-state index in [2.05, 4.69) is 0 Å². The molecule has 1 heterocycles. The van der Waals surface area contributed by atoms with Crippen LogP contribution in [0.3, 0.4) is 0 Å². The van der Waals surface area contributed by atoms with Gasteiger partial charge in [-0.1, -0.05) is 6.07 Å². The molecule has 0 radical (unpaired) electrons. The quantitative estimate of drug-likeness (QED) is 0.795. The maximum absolute atomic E-state index is 13.5. The number of rotatable bonds is 3. The van der Waals surface area contributed by atoms with Crippen molar-refractivity contribution in [1.82, 2.24) is 4.31 Å². The van der Waals surface area contributed by atoms with Gasteiger partial charge in [0.2, 0.25) is 10.0 Å². The predicted molar refractivity (Wildman–Crippen MR) is 68.7 cm³/mol. The third-order valence-corrected chi connectivity index (χ3v) is 5.37. The van der Waals surface area contributed by atoms with E-state index in [1.54, 1.807) is 6.92 Å². The molecule has 19 heavy (non-hydrogen) atoms. The molecule has 1 aromatic carbocycles. The fraction of sp³-hybridized carbons (Fsp3) is 0.462. The molecule has 4 nitrogen and oxygen atoms in total. The first-order valence-corrected chi connectivity index (χ1v) is 7.61. The van der Waals surface area contributed by atoms with Crippen LogP contribution >= 0.6 is 0 Å². The average molecular weight is 285 g/mol. The molecule has 1 aromatic rings. The molecule has 1 saturated heterocycles. The summed E-state index contributed by atoms with van der Waals surface area (Å²) in [5, 5.41) is 0. The summed E-state index contributed by atoms with van der Waals surface area (Å²) in [5.41, 5.74) is 0.415. The zero-order valence-electron chi connectivity index (χ0n) is 10.7. The summed E-state index contributed by atoms with van der Waals surface area (Å²) >= 11 is 0. The van der Waals surface area contributed by atoms with Gasteiger partial charge >= 0.3 is 0 Å². The SMILES string of the molecule is Cc1ccc(S(=O)(=O)N2CCC(C=O)CC2)cc1F. The normalized spacial score (nSPS) is 18.4. The molecular weight excluding hydrogens is 269 g/mol. The number of benzene rings is 1. The average Bonchev–Trinajstić information content (AvgIpc) is 2.41. The highest BCUT2D eigenvalue weighted by Crippen LogP contribution is 2.23. The number of nitrogens with zero attached hydrogens (tertiary/aromatic N) is 1. The van der Waals surface area contributed by atoms with E-state index >= 15 is 0 Å². The van der Waals surface area contributed by atoms with Crippen molar-refractivity contribution in [3.8, 4) is 0 Å². The van der Waals surface area contributed by atoms with Crippen LogP contribution in [0.25, 0.3) is 0 Å². The number of carbonyl (C=O) groups is 1. The Bertz CT molecular complexity index is 578. The van der Waals surface area contributed by atoms with Crippen LogP contribution in [-0.2, 0) is 14.8 Å². The van der Waals surface area contributed by atoms with Gasteiger partial charge in [0, 0.05) is 19.0 Å². The highest BCUT2D eigenvalue weighted by Gasteiger charge is 2.29. The standard InChI is InChI=1S/C13H16FNO3S/c1-10-2-3-12(8-13(10)14)19(17,18)15-6-4-11(9-16)5-7-15/h2-3,8-9,11H,4-7H2,1H3. The van der Waals surface area contributed by atoms with Crippen LogP contribution in [0.4, 0.5) is 4.39 Å². The zero-order valence-corrected chi connectivity index (χ0v) is 11.5. The van der Waals surface area contributed by atoms with E-state index in [-0.39, 0.29) is 10.8 Å². The van der Waals surface area contributed by atoms with Gasteiger partial charge < -0.3 is 4.79 Å². The van der Waals surface area contributed by atoms with E-state index in [0.29, 0.717) is 31.5 Å². The Labute approximate surface area is 112 Å². The zero-order chi connectivity index (χ0) is 14.0. The second kappa shape index (κ2) is 5.38. The fourth-order valence-electron chi connectivity index (χ4n) is 2.14. The summed E-state index contributed by atoms with van der Waals surface area (Å²) in [6, 6.07) is 3.93. The summed E-state index contributed by atoms with van der Waals surface area (Å²) in [5.74, 6) is -0.593. The lowest BCUT2D eigenvalue weighted by Crippen LogP contribution is -2.38. The van der Waals surface area contributed by atoms with E-state index in [1.165, 1.54) is 16.4 Å². The molecule has 0 atom stereocenters. The Morgan fingerprint density at radius 3 is 2.47 bits per heavy atom. The monoisotopic (exact) mass is 285 g/mol. The van der Waals surface area contributed by atoms with Crippen molar-refractivity contribution in [2.75, 3.05) is 13.1 Å². The minimum absolute atomic E-state index is 0.0276. The molecule has 6 heteroatoms. The van der Waals surface area contributed by atoms with Crippen molar-refractivity contribution in [2.24, 2.45) is 5.92 Å². The lowest BCUT2D eigenvalue weighted by molar-refractivity contribution is -0.112. The summed E-state index contributed by atoms with van der Waals surface area (Å²) in [6.45, 7) is 2.20.